The Morgan fingerprint density at radius 1 is 1.15 bits per heavy atom. The molecule has 13 heavy (non-hydrogen) atoms. The van der Waals surface area contributed by atoms with Gasteiger partial charge in [-0.2, -0.15) is 0 Å². The fraction of sp³-hybridized carbons (Fsp3) is 0.333. The van der Waals surface area contributed by atoms with Crippen LogP contribution < -0.4 is 0 Å². The van der Waals surface area contributed by atoms with E-state index in [1.165, 1.54) is 11.1 Å². The molecule has 0 aliphatic carbocycles. The highest BCUT2D eigenvalue weighted by Gasteiger charge is 1.96. The van der Waals surface area contributed by atoms with Crippen molar-refractivity contribution in [1.82, 2.24) is 0 Å². The van der Waals surface area contributed by atoms with Crippen molar-refractivity contribution in [3.63, 3.8) is 0 Å². The molecular formula is C12H16O. The van der Waals surface area contributed by atoms with Crippen molar-refractivity contribution in [1.29, 1.82) is 0 Å². The second-order valence-electron chi connectivity index (χ2n) is 3.36. The Kier molecular flexibility index (Phi) is 3.56. The van der Waals surface area contributed by atoms with E-state index in [0.29, 0.717) is 5.92 Å². The van der Waals surface area contributed by atoms with Gasteiger partial charge in [-0.1, -0.05) is 38.1 Å². The molecule has 0 N–H and O–H groups in total. The van der Waals surface area contributed by atoms with Gasteiger partial charge in [0.2, 0.25) is 0 Å². The molecule has 0 atom stereocenters. The van der Waals surface area contributed by atoms with Gasteiger partial charge in [0, 0.05) is 0 Å². The minimum atomic E-state index is 0.598. The fourth-order valence-electron chi connectivity index (χ4n) is 1.14. The molecule has 0 spiro atoms. The first-order valence-electron chi connectivity index (χ1n) is 4.53. The lowest BCUT2D eigenvalue weighted by molar-refractivity contribution is 0.341. The summed E-state index contributed by atoms with van der Waals surface area (Å²) < 4.78 is 4.84. The van der Waals surface area contributed by atoms with Crippen molar-refractivity contribution in [2.75, 3.05) is 7.11 Å². The number of hydrogen-bond donors (Lipinski definition) is 0. The Bertz CT molecular complexity index is 270. The molecule has 0 aliphatic heterocycles. The zero-order valence-electron chi connectivity index (χ0n) is 8.45. The average molecular weight is 176 g/mol. The summed E-state index contributed by atoms with van der Waals surface area (Å²) >= 11 is 0. The average Bonchev–Trinajstić information content (AvgIpc) is 2.15. The van der Waals surface area contributed by atoms with Crippen LogP contribution in [0, 0.1) is 0 Å². The molecule has 0 bridgehead atoms. The lowest BCUT2D eigenvalue weighted by Gasteiger charge is -2.04. The van der Waals surface area contributed by atoms with Gasteiger partial charge < -0.3 is 4.74 Å². The van der Waals surface area contributed by atoms with E-state index in [0.717, 1.165) is 0 Å². The third-order valence-electron chi connectivity index (χ3n) is 2.00. The van der Waals surface area contributed by atoms with Crippen LogP contribution in [0.25, 0.3) is 6.08 Å². The standard InChI is InChI=1S/C12H16O/c1-10(2)12-6-4-11(5-7-12)8-9-13-3/h4-10H,1-3H3. The molecule has 0 saturated carbocycles. The molecule has 0 amide bonds. The fourth-order valence-corrected chi connectivity index (χ4v) is 1.14. The monoisotopic (exact) mass is 176 g/mol. The Hall–Kier alpha value is -1.24. The van der Waals surface area contributed by atoms with E-state index >= 15 is 0 Å². The van der Waals surface area contributed by atoms with E-state index in [9.17, 15) is 0 Å². The Labute approximate surface area is 80.0 Å². The van der Waals surface area contributed by atoms with Gasteiger partial charge in [0.05, 0.1) is 13.4 Å². The molecule has 70 valence electrons. The predicted molar refractivity (Wildman–Crippen MR) is 56.6 cm³/mol. The van der Waals surface area contributed by atoms with E-state index in [-0.39, 0.29) is 0 Å². The molecule has 1 nitrogen and oxygen atoms in total. The first-order chi connectivity index (χ1) is 6.24. The van der Waals surface area contributed by atoms with E-state index in [4.69, 9.17) is 4.74 Å². The molecule has 0 aromatic heterocycles. The highest BCUT2D eigenvalue weighted by molar-refractivity contribution is 5.48. The summed E-state index contributed by atoms with van der Waals surface area (Å²) in [6.45, 7) is 4.39. The summed E-state index contributed by atoms with van der Waals surface area (Å²) in [7, 11) is 1.65. The van der Waals surface area contributed by atoms with Crippen molar-refractivity contribution in [2.45, 2.75) is 19.8 Å². The van der Waals surface area contributed by atoms with Crippen LogP contribution in [-0.4, -0.2) is 7.11 Å². The normalized spacial score (nSPS) is 11.1. The maximum atomic E-state index is 4.84. The Morgan fingerprint density at radius 3 is 2.23 bits per heavy atom. The quantitative estimate of drug-likeness (QED) is 0.641. The highest BCUT2D eigenvalue weighted by Crippen LogP contribution is 2.15. The van der Waals surface area contributed by atoms with Crippen LogP contribution in [0.5, 0.6) is 0 Å². The third-order valence-corrected chi connectivity index (χ3v) is 2.00. The zero-order valence-corrected chi connectivity index (χ0v) is 8.45. The lowest BCUT2D eigenvalue weighted by atomic mass is 10.0. The van der Waals surface area contributed by atoms with Gasteiger partial charge in [-0.3, -0.25) is 0 Å². The molecule has 1 heteroatoms. The molecule has 1 aromatic carbocycles. The van der Waals surface area contributed by atoms with Gasteiger partial charge in [-0.05, 0) is 23.1 Å². The van der Waals surface area contributed by atoms with Crippen LogP contribution in [0.2, 0.25) is 0 Å². The smallest absolute Gasteiger partial charge is 0.0830 e. The second-order valence-corrected chi connectivity index (χ2v) is 3.36. The van der Waals surface area contributed by atoms with Crippen LogP contribution in [0.15, 0.2) is 30.5 Å². The molecule has 0 saturated heterocycles. The number of hydrogen-bond acceptors (Lipinski definition) is 1. The molecule has 0 heterocycles. The minimum Gasteiger partial charge on any atom is -0.504 e. The van der Waals surface area contributed by atoms with Gasteiger partial charge in [0.15, 0.2) is 0 Å². The molecule has 1 aromatic rings. The summed E-state index contributed by atoms with van der Waals surface area (Å²) in [5.74, 6) is 0.598. The summed E-state index contributed by atoms with van der Waals surface area (Å²) in [5.41, 5.74) is 2.54. The van der Waals surface area contributed by atoms with Gasteiger partial charge in [0.1, 0.15) is 0 Å². The van der Waals surface area contributed by atoms with Crippen molar-refractivity contribution in [3.05, 3.63) is 41.7 Å². The predicted octanol–water partition coefficient (Wildman–Crippen LogP) is 3.43. The Balaban J connectivity index is 2.75. The lowest BCUT2D eigenvalue weighted by Crippen LogP contribution is -1.85. The third kappa shape index (κ3) is 2.94. The van der Waals surface area contributed by atoms with Crippen LogP contribution in [-0.2, 0) is 4.74 Å². The van der Waals surface area contributed by atoms with Crippen molar-refractivity contribution in [2.24, 2.45) is 0 Å². The summed E-state index contributed by atoms with van der Waals surface area (Å²) in [5, 5.41) is 0. The molecule has 0 radical (unpaired) electrons. The molecule has 1 rings (SSSR count). The maximum Gasteiger partial charge on any atom is 0.0830 e. The number of methoxy groups -OCH3 is 1. The molecular weight excluding hydrogens is 160 g/mol. The molecule has 0 unspecified atom stereocenters. The first-order valence-corrected chi connectivity index (χ1v) is 4.53. The van der Waals surface area contributed by atoms with Crippen LogP contribution in [0.1, 0.15) is 30.9 Å². The van der Waals surface area contributed by atoms with E-state index in [2.05, 4.69) is 38.1 Å². The second kappa shape index (κ2) is 4.70. The number of rotatable bonds is 3. The highest BCUT2D eigenvalue weighted by atomic mass is 16.5. The van der Waals surface area contributed by atoms with E-state index in [1.807, 2.05) is 6.08 Å². The van der Waals surface area contributed by atoms with Gasteiger partial charge >= 0.3 is 0 Å². The van der Waals surface area contributed by atoms with E-state index in [1.54, 1.807) is 13.4 Å². The van der Waals surface area contributed by atoms with Crippen molar-refractivity contribution >= 4 is 6.08 Å². The molecule has 0 aliphatic rings. The van der Waals surface area contributed by atoms with E-state index < -0.39 is 0 Å². The SMILES string of the molecule is COC=Cc1ccc(C(C)C)cc1. The summed E-state index contributed by atoms with van der Waals surface area (Å²) in [6.07, 6.45) is 3.63. The minimum absolute atomic E-state index is 0.598. The van der Waals surface area contributed by atoms with Gasteiger partial charge in [-0.25, -0.2) is 0 Å². The summed E-state index contributed by atoms with van der Waals surface area (Å²) in [6, 6.07) is 8.51. The van der Waals surface area contributed by atoms with Crippen LogP contribution in [0.4, 0.5) is 0 Å². The number of ether oxygens (including phenoxy) is 1. The van der Waals surface area contributed by atoms with Crippen molar-refractivity contribution in [3.8, 4) is 0 Å². The topological polar surface area (TPSA) is 9.23 Å². The van der Waals surface area contributed by atoms with Gasteiger partial charge in [0.25, 0.3) is 0 Å². The molecule has 0 fully saturated rings. The maximum absolute atomic E-state index is 4.84. The van der Waals surface area contributed by atoms with Crippen LogP contribution in [0.3, 0.4) is 0 Å². The number of benzene rings is 1. The largest absolute Gasteiger partial charge is 0.504 e. The van der Waals surface area contributed by atoms with Crippen LogP contribution >= 0.6 is 0 Å². The summed E-state index contributed by atoms with van der Waals surface area (Å²) in [4.78, 5) is 0. The Morgan fingerprint density at radius 2 is 1.77 bits per heavy atom. The first kappa shape index (κ1) is 9.85. The van der Waals surface area contributed by atoms with Gasteiger partial charge in [-0.15, -0.1) is 0 Å². The van der Waals surface area contributed by atoms with Crippen molar-refractivity contribution < 1.29 is 4.74 Å². The zero-order chi connectivity index (χ0) is 9.68.